The van der Waals surface area contributed by atoms with Gasteiger partial charge in [0.25, 0.3) is 0 Å². The van der Waals surface area contributed by atoms with Gasteiger partial charge in [-0.05, 0) is 49.8 Å². The molecule has 1 aromatic carbocycles. The van der Waals surface area contributed by atoms with Gasteiger partial charge in [-0.15, -0.1) is 0 Å². The number of hydrogen-bond acceptors (Lipinski definition) is 1. The van der Waals surface area contributed by atoms with Crippen LogP contribution < -0.4 is 5.32 Å². The Labute approximate surface area is 116 Å². The normalized spacial score (nSPS) is 25.9. The van der Waals surface area contributed by atoms with E-state index in [2.05, 4.69) is 31.3 Å². The van der Waals surface area contributed by atoms with Gasteiger partial charge in [0.05, 0.1) is 0 Å². The molecule has 0 aromatic heterocycles. The average molecular weight is 266 g/mol. The molecular weight excluding hydrogens is 242 g/mol. The average Bonchev–Trinajstić information content (AvgIpc) is 2.28. The number of rotatable bonds is 4. The van der Waals surface area contributed by atoms with E-state index < -0.39 is 0 Å². The van der Waals surface area contributed by atoms with Crippen molar-refractivity contribution in [3.63, 3.8) is 0 Å². The Morgan fingerprint density at radius 2 is 2.22 bits per heavy atom. The highest BCUT2D eigenvalue weighted by Gasteiger charge is 2.19. The highest BCUT2D eigenvalue weighted by atomic mass is 35.5. The molecule has 18 heavy (non-hydrogen) atoms. The topological polar surface area (TPSA) is 12.0 Å². The van der Waals surface area contributed by atoms with E-state index in [0.29, 0.717) is 12.1 Å². The van der Waals surface area contributed by atoms with Crippen LogP contribution in [0.15, 0.2) is 24.3 Å². The largest absolute Gasteiger partial charge is 0.311 e. The van der Waals surface area contributed by atoms with Crippen molar-refractivity contribution < 1.29 is 0 Å². The molecule has 2 heteroatoms. The van der Waals surface area contributed by atoms with E-state index in [-0.39, 0.29) is 0 Å². The zero-order chi connectivity index (χ0) is 13.0. The molecule has 3 unspecified atom stereocenters. The van der Waals surface area contributed by atoms with E-state index in [1.54, 1.807) is 0 Å². The van der Waals surface area contributed by atoms with Crippen molar-refractivity contribution in [3.05, 3.63) is 34.9 Å². The lowest BCUT2D eigenvalue weighted by atomic mass is 9.86. The van der Waals surface area contributed by atoms with E-state index in [0.717, 1.165) is 17.4 Å². The summed E-state index contributed by atoms with van der Waals surface area (Å²) in [4.78, 5) is 0. The fourth-order valence-electron chi connectivity index (χ4n) is 3.06. The van der Waals surface area contributed by atoms with Gasteiger partial charge in [0.15, 0.2) is 0 Å². The summed E-state index contributed by atoms with van der Waals surface area (Å²) in [7, 11) is 0. The summed E-state index contributed by atoms with van der Waals surface area (Å²) in [5.41, 5.74) is 1.33. The summed E-state index contributed by atoms with van der Waals surface area (Å²) in [5, 5.41) is 4.61. The summed E-state index contributed by atoms with van der Waals surface area (Å²) in [6.45, 7) is 4.65. The molecule has 1 aliphatic carbocycles. The summed E-state index contributed by atoms with van der Waals surface area (Å²) in [5.74, 6) is 0.884. The highest BCUT2D eigenvalue weighted by Crippen LogP contribution is 2.24. The predicted octanol–water partition coefficient (Wildman–Crippen LogP) is 4.44. The molecule has 1 N–H and O–H groups in total. The van der Waals surface area contributed by atoms with Gasteiger partial charge in [-0.25, -0.2) is 0 Å². The van der Waals surface area contributed by atoms with Crippen LogP contribution in [0.1, 0.15) is 45.1 Å². The zero-order valence-electron chi connectivity index (χ0n) is 11.5. The van der Waals surface area contributed by atoms with Crippen LogP contribution in [-0.4, -0.2) is 12.1 Å². The Balaban J connectivity index is 1.82. The first-order valence-electron chi connectivity index (χ1n) is 7.14. The lowest BCUT2D eigenvalue weighted by Gasteiger charge is -2.30. The lowest BCUT2D eigenvalue weighted by Crippen LogP contribution is -2.40. The van der Waals surface area contributed by atoms with Crippen molar-refractivity contribution in [1.29, 1.82) is 0 Å². The Hall–Kier alpha value is -0.530. The van der Waals surface area contributed by atoms with Crippen LogP contribution in [-0.2, 0) is 6.42 Å². The molecule has 0 spiro atoms. The molecule has 0 saturated heterocycles. The first-order valence-corrected chi connectivity index (χ1v) is 7.52. The Bertz CT molecular complexity index is 377. The van der Waals surface area contributed by atoms with Gasteiger partial charge >= 0.3 is 0 Å². The zero-order valence-corrected chi connectivity index (χ0v) is 12.2. The van der Waals surface area contributed by atoms with Crippen molar-refractivity contribution in [3.8, 4) is 0 Å². The molecule has 100 valence electrons. The molecule has 1 aliphatic rings. The second-order valence-electron chi connectivity index (χ2n) is 5.87. The Morgan fingerprint density at radius 3 is 2.94 bits per heavy atom. The summed E-state index contributed by atoms with van der Waals surface area (Å²) >= 11 is 6.02. The highest BCUT2D eigenvalue weighted by molar-refractivity contribution is 6.30. The summed E-state index contributed by atoms with van der Waals surface area (Å²) < 4.78 is 0. The van der Waals surface area contributed by atoms with Crippen LogP contribution in [0.4, 0.5) is 0 Å². The van der Waals surface area contributed by atoms with Gasteiger partial charge < -0.3 is 5.32 Å². The molecule has 0 heterocycles. The lowest BCUT2D eigenvalue weighted by molar-refractivity contribution is 0.284. The molecule has 1 saturated carbocycles. The fourth-order valence-corrected chi connectivity index (χ4v) is 3.28. The first-order chi connectivity index (χ1) is 8.63. The van der Waals surface area contributed by atoms with Crippen molar-refractivity contribution in [2.24, 2.45) is 5.92 Å². The molecule has 1 fully saturated rings. The van der Waals surface area contributed by atoms with Crippen LogP contribution in [0.2, 0.25) is 5.02 Å². The van der Waals surface area contributed by atoms with Gasteiger partial charge in [0.1, 0.15) is 0 Å². The van der Waals surface area contributed by atoms with Crippen molar-refractivity contribution >= 4 is 11.6 Å². The quantitative estimate of drug-likeness (QED) is 0.849. The molecule has 0 bridgehead atoms. The minimum absolute atomic E-state index is 0.527. The van der Waals surface area contributed by atoms with Crippen molar-refractivity contribution in [2.45, 2.75) is 58.0 Å². The predicted molar refractivity (Wildman–Crippen MR) is 79.2 cm³/mol. The molecule has 3 atom stereocenters. The van der Waals surface area contributed by atoms with Gasteiger partial charge in [-0.2, -0.15) is 0 Å². The molecular formula is C16H24ClN. The second kappa shape index (κ2) is 6.58. The molecule has 0 aliphatic heterocycles. The monoisotopic (exact) mass is 265 g/mol. The van der Waals surface area contributed by atoms with E-state index in [4.69, 9.17) is 11.6 Å². The number of benzene rings is 1. The van der Waals surface area contributed by atoms with Crippen molar-refractivity contribution in [1.82, 2.24) is 5.32 Å². The third kappa shape index (κ3) is 4.29. The third-order valence-corrected chi connectivity index (χ3v) is 4.12. The van der Waals surface area contributed by atoms with Gasteiger partial charge in [-0.1, -0.05) is 43.5 Å². The van der Waals surface area contributed by atoms with E-state index >= 15 is 0 Å². The molecule has 1 nitrogen and oxygen atoms in total. The minimum atomic E-state index is 0.527. The van der Waals surface area contributed by atoms with Crippen LogP contribution >= 0.6 is 11.6 Å². The SMILES string of the molecule is CC1CCCC(NC(C)Cc2cccc(Cl)c2)C1. The molecule has 2 rings (SSSR count). The smallest absolute Gasteiger partial charge is 0.0408 e. The maximum Gasteiger partial charge on any atom is 0.0408 e. The number of halogens is 1. The van der Waals surface area contributed by atoms with E-state index in [1.807, 2.05) is 12.1 Å². The van der Waals surface area contributed by atoms with Crippen LogP contribution in [0.25, 0.3) is 0 Å². The van der Waals surface area contributed by atoms with Crippen LogP contribution in [0, 0.1) is 5.92 Å². The maximum atomic E-state index is 6.02. The van der Waals surface area contributed by atoms with Crippen molar-refractivity contribution in [2.75, 3.05) is 0 Å². The Morgan fingerprint density at radius 1 is 1.39 bits per heavy atom. The fraction of sp³-hybridized carbons (Fsp3) is 0.625. The van der Waals surface area contributed by atoms with Gasteiger partial charge in [-0.3, -0.25) is 0 Å². The summed E-state index contributed by atoms with van der Waals surface area (Å²) in [6, 6.07) is 9.44. The van der Waals surface area contributed by atoms with E-state index in [1.165, 1.54) is 31.2 Å². The second-order valence-corrected chi connectivity index (χ2v) is 6.31. The Kier molecular flexibility index (Phi) is 5.08. The third-order valence-electron chi connectivity index (χ3n) is 3.89. The van der Waals surface area contributed by atoms with Gasteiger partial charge in [0, 0.05) is 17.1 Å². The molecule has 0 radical (unpaired) electrons. The molecule has 0 amide bonds. The molecule has 1 aromatic rings. The van der Waals surface area contributed by atoms with Crippen LogP contribution in [0.5, 0.6) is 0 Å². The first kappa shape index (κ1) is 13.9. The van der Waals surface area contributed by atoms with Gasteiger partial charge in [0.2, 0.25) is 0 Å². The maximum absolute atomic E-state index is 6.02. The number of hydrogen-bond donors (Lipinski definition) is 1. The summed E-state index contributed by atoms with van der Waals surface area (Å²) in [6.07, 6.45) is 6.51. The standard InChI is InChI=1S/C16H24ClN/c1-12-5-3-8-16(9-12)18-13(2)10-14-6-4-7-15(17)11-14/h4,6-7,11-13,16,18H,3,5,8-10H2,1-2H3. The van der Waals surface area contributed by atoms with Crippen LogP contribution in [0.3, 0.4) is 0 Å². The number of nitrogens with one attached hydrogen (secondary N) is 1. The van der Waals surface area contributed by atoms with E-state index in [9.17, 15) is 0 Å². The minimum Gasteiger partial charge on any atom is -0.311 e.